The van der Waals surface area contributed by atoms with Gasteiger partial charge in [-0.3, -0.25) is 4.68 Å². The second-order valence-electron chi connectivity index (χ2n) is 5.81. The molecule has 0 N–H and O–H groups in total. The highest BCUT2D eigenvalue weighted by Gasteiger charge is 2.20. The van der Waals surface area contributed by atoms with E-state index in [1.54, 1.807) is 48.8 Å². The Bertz CT molecular complexity index is 919. The Hall–Kier alpha value is -2.34. The van der Waals surface area contributed by atoms with Gasteiger partial charge in [0.25, 0.3) is 10.0 Å². The average Bonchev–Trinajstić information content (AvgIpc) is 3.16. The van der Waals surface area contributed by atoms with Crippen LogP contribution in [0.1, 0.15) is 25.5 Å². The number of aryl methyl sites for hydroxylation is 1. The first-order valence-corrected chi connectivity index (χ1v) is 8.88. The zero-order valence-corrected chi connectivity index (χ0v) is 14.2. The van der Waals surface area contributed by atoms with E-state index in [1.165, 1.54) is 3.97 Å². The van der Waals surface area contributed by atoms with Crippen LogP contribution in [0.5, 0.6) is 0 Å². The molecule has 120 valence electrons. The quantitative estimate of drug-likeness (QED) is 0.736. The first-order chi connectivity index (χ1) is 10.9. The standard InChI is InChI=1S/C17H19N3O2S/c1-13(2)19-12-15(11-18-19)17-5-4-10-20(17)23(21,22)16-8-6-14(3)7-9-16/h4-13H,1-3H3. The largest absolute Gasteiger partial charge is 0.270 e. The summed E-state index contributed by atoms with van der Waals surface area (Å²) < 4.78 is 28.9. The van der Waals surface area contributed by atoms with Gasteiger partial charge >= 0.3 is 0 Å². The van der Waals surface area contributed by atoms with E-state index in [9.17, 15) is 8.42 Å². The summed E-state index contributed by atoms with van der Waals surface area (Å²) >= 11 is 0. The van der Waals surface area contributed by atoms with E-state index < -0.39 is 10.0 Å². The molecule has 0 aliphatic heterocycles. The van der Waals surface area contributed by atoms with Gasteiger partial charge in [-0.25, -0.2) is 12.4 Å². The Morgan fingerprint density at radius 2 is 1.78 bits per heavy atom. The lowest BCUT2D eigenvalue weighted by Gasteiger charge is -2.10. The predicted molar refractivity (Wildman–Crippen MR) is 89.8 cm³/mol. The minimum absolute atomic E-state index is 0.223. The number of nitrogens with zero attached hydrogens (tertiary/aromatic N) is 3. The lowest BCUT2D eigenvalue weighted by Crippen LogP contribution is -2.13. The van der Waals surface area contributed by atoms with Crippen LogP contribution in [0.3, 0.4) is 0 Å². The van der Waals surface area contributed by atoms with Gasteiger partial charge in [0, 0.05) is 24.0 Å². The van der Waals surface area contributed by atoms with Crippen molar-refractivity contribution in [3.8, 4) is 11.3 Å². The van der Waals surface area contributed by atoms with Crippen LogP contribution in [0.4, 0.5) is 0 Å². The van der Waals surface area contributed by atoms with Crippen LogP contribution in [0.2, 0.25) is 0 Å². The van der Waals surface area contributed by atoms with Crippen molar-refractivity contribution >= 4 is 10.0 Å². The molecule has 3 aromatic rings. The molecule has 0 spiro atoms. The van der Waals surface area contributed by atoms with Crippen molar-refractivity contribution in [2.75, 3.05) is 0 Å². The van der Waals surface area contributed by atoms with E-state index in [4.69, 9.17) is 0 Å². The monoisotopic (exact) mass is 329 g/mol. The predicted octanol–water partition coefficient (Wildman–Crippen LogP) is 3.48. The molecule has 3 rings (SSSR count). The van der Waals surface area contributed by atoms with Crippen LogP contribution < -0.4 is 0 Å². The number of aromatic nitrogens is 3. The fraction of sp³-hybridized carbons (Fsp3) is 0.235. The summed E-state index contributed by atoms with van der Waals surface area (Å²) in [6.07, 6.45) is 5.12. The summed E-state index contributed by atoms with van der Waals surface area (Å²) in [6.45, 7) is 5.98. The number of rotatable bonds is 4. The van der Waals surface area contributed by atoms with E-state index in [0.717, 1.165) is 11.1 Å². The van der Waals surface area contributed by atoms with Crippen molar-refractivity contribution in [3.63, 3.8) is 0 Å². The number of benzene rings is 1. The van der Waals surface area contributed by atoms with Crippen LogP contribution in [0, 0.1) is 6.92 Å². The maximum atomic E-state index is 12.9. The van der Waals surface area contributed by atoms with Gasteiger partial charge in [0.15, 0.2) is 0 Å². The highest BCUT2D eigenvalue weighted by molar-refractivity contribution is 7.90. The van der Waals surface area contributed by atoms with E-state index in [2.05, 4.69) is 5.10 Å². The van der Waals surface area contributed by atoms with Gasteiger partial charge in [-0.1, -0.05) is 17.7 Å². The zero-order valence-electron chi connectivity index (χ0n) is 13.3. The van der Waals surface area contributed by atoms with Crippen molar-refractivity contribution in [3.05, 3.63) is 60.6 Å². The van der Waals surface area contributed by atoms with Crippen molar-refractivity contribution < 1.29 is 8.42 Å². The molecule has 0 saturated heterocycles. The topological polar surface area (TPSA) is 56.9 Å². The Balaban J connectivity index is 2.07. The highest BCUT2D eigenvalue weighted by atomic mass is 32.2. The van der Waals surface area contributed by atoms with Gasteiger partial charge in [0.1, 0.15) is 0 Å². The van der Waals surface area contributed by atoms with Crippen molar-refractivity contribution in [1.29, 1.82) is 0 Å². The smallest absolute Gasteiger partial charge is 0.268 e. The van der Waals surface area contributed by atoms with Gasteiger partial charge in [-0.05, 0) is 45.0 Å². The number of hydrogen-bond acceptors (Lipinski definition) is 3. The van der Waals surface area contributed by atoms with E-state index in [-0.39, 0.29) is 10.9 Å². The third-order valence-electron chi connectivity index (χ3n) is 3.72. The van der Waals surface area contributed by atoms with Gasteiger partial charge < -0.3 is 0 Å². The Morgan fingerprint density at radius 3 is 2.39 bits per heavy atom. The van der Waals surface area contributed by atoms with Gasteiger partial charge in [0.2, 0.25) is 0 Å². The third-order valence-corrected chi connectivity index (χ3v) is 5.42. The summed E-state index contributed by atoms with van der Waals surface area (Å²) in [5.41, 5.74) is 2.41. The maximum absolute atomic E-state index is 12.9. The first-order valence-electron chi connectivity index (χ1n) is 7.44. The fourth-order valence-corrected chi connectivity index (χ4v) is 3.74. The van der Waals surface area contributed by atoms with Crippen LogP contribution in [0.15, 0.2) is 59.9 Å². The minimum Gasteiger partial charge on any atom is -0.270 e. The SMILES string of the molecule is Cc1ccc(S(=O)(=O)n2cccc2-c2cnn(C(C)C)c2)cc1. The van der Waals surface area contributed by atoms with Crippen LogP contribution in [-0.4, -0.2) is 22.2 Å². The molecule has 0 saturated carbocycles. The second kappa shape index (κ2) is 5.70. The molecule has 0 bridgehead atoms. The van der Waals surface area contributed by atoms with Gasteiger partial charge in [-0.15, -0.1) is 0 Å². The molecular weight excluding hydrogens is 310 g/mol. The van der Waals surface area contributed by atoms with E-state index in [1.807, 2.05) is 31.6 Å². The van der Waals surface area contributed by atoms with Crippen molar-refractivity contribution in [2.45, 2.75) is 31.7 Å². The maximum Gasteiger partial charge on any atom is 0.268 e. The fourth-order valence-electron chi connectivity index (χ4n) is 2.38. The third kappa shape index (κ3) is 2.82. The molecule has 0 aliphatic carbocycles. The van der Waals surface area contributed by atoms with Crippen LogP contribution in [-0.2, 0) is 10.0 Å². The molecule has 6 heteroatoms. The lowest BCUT2D eigenvalue weighted by atomic mass is 10.2. The summed E-state index contributed by atoms with van der Waals surface area (Å²) in [4.78, 5) is 0.275. The molecule has 0 aliphatic rings. The highest BCUT2D eigenvalue weighted by Crippen LogP contribution is 2.25. The lowest BCUT2D eigenvalue weighted by molar-refractivity contribution is 0.532. The first kappa shape index (κ1) is 15.6. The Kier molecular flexibility index (Phi) is 3.85. The zero-order chi connectivity index (χ0) is 16.6. The molecule has 0 atom stereocenters. The summed E-state index contributed by atoms with van der Waals surface area (Å²) in [6, 6.07) is 10.6. The van der Waals surface area contributed by atoms with Crippen LogP contribution >= 0.6 is 0 Å². The molecule has 0 unspecified atom stereocenters. The van der Waals surface area contributed by atoms with Gasteiger partial charge in [0.05, 0.1) is 16.8 Å². The number of hydrogen-bond donors (Lipinski definition) is 0. The molecule has 1 aromatic carbocycles. The van der Waals surface area contributed by atoms with Crippen molar-refractivity contribution in [1.82, 2.24) is 13.8 Å². The summed E-state index contributed by atoms with van der Waals surface area (Å²) in [5, 5.41) is 4.29. The van der Waals surface area contributed by atoms with Gasteiger partial charge in [-0.2, -0.15) is 5.10 Å². The molecule has 0 radical (unpaired) electrons. The van der Waals surface area contributed by atoms with Crippen LogP contribution in [0.25, 0.3) is 11.3 Å². The molecule has 2 aromatic heterocycles. The minimum atomic E-state index is -3.62. The molecule has 0 fully saturated rings. The van der Waals surface area contributed by atoms with E-state index >= 15 is 0 Å². The summed E-state index contributed by atoms with van der Waals surface area (Å²) in [7, 11) is -3.62. The summed E-state index contributed by atoms with van der Waals surface area (Å²) in [5.74, 6) is 0. The van der Waals surface area contributed by atoms with E-state index in [0.29, 0.717) is 5.69 Å². The molecule has 2 heterocycles. The molecule has 5 nitrogen and oxygen atoms in total. The Labute approximate surface area is 136 Å². The molecule has 23 heavy (non-hydrogen) atoms. The average molecular weight is 329 g/mol. The molecule has 0 amide bonds. The molecular formula is C17H19N3O2S. The normalized spacial score (nSPS) is 12.0. The Morgan fingerprint density at radius 1 is 1.09 bits per heavy atom. The van der Waals surface area contributed by atoms with Crippen molar-refractivity contribution in [2.24, 2.45) is 0 Å². The second-order valence-corrected chi connectivity index (χ2v) is 7.63.